The molecule has 0 amide bonds. The Morgan fingerprint density at radius 3 is 2.65 bits per heavy atom. The van der Waals surface area contributed by atoms with E-state index < -0.39 is 0 Å². The van der Waals surface area contributed by atoms with Crippen LogP contribution in [0.3, 0.4) is 0 Å². The van der Waals surface area contributed by atoms with Gasteiger partial charge in [-0.15, -0.1) is 22.7 Å². The summed E-state index contributed by atoms with van der Waals surface area (Å²) in [5, 5.41) is 3.51. The summed E-state index contributed by atoms with van der Waals surface area (Å²) in [6, 6.07) is 6.47. The summed E-state index contributed by atoms with van der Waals surface area (Å²) in [6.45, 7) is 5.18. The molecule has 1 nitrogen and oxygen atoms in total. The van der Waals surface area contributed by atoms with Gasteiger partial charge in [-0.25, -0.2) is 0 Å². The predicted molar refractivity (Wildman–Crippen MR) is 81.6 cm³/mol. The van der Waals surface area contributed by atoms with Crippen LogP contribution in [0.1, 0.15) is 27.6 Å². The molecule has 1 atom stereocenters. The summed E-state index contributed by atoms with van der Waals surface area (Å²) in [5.74, 6) is 0. The molecule has 0 radical (unpaired) electrons. The van der Waals surface area contributed by atoms with E-state index in [0.29, 0.717) is 0 Å². The van der Waals surface area contributed by atoms with Gasteiger partial charge in [-0.2, -0.15) is 0 Å². The molecule has 2 aromatic heterocycles. The molecule has 1 unspecified atom stereocenters. The zero-order valence-electron chi connectivity index (χ0n) is 9.59. The summed E-state index contributed by atoms with van der Waals surface area (Å²) in [4.78, 5) is 3.90. The minimum absolute atomic E-state index is 0.241. The first-order valence-electron chi connectivity index (χ1n) is 5.36. The number of hydrogen-bond acceptors (Lipinski definition) is 3. The van der Waals surface area contributed by atoms with Crippen LogP contribution in [-0.4, -0.2) is 6.54 Å². The smallest absolute Gasteiger partial charge is 0.0931 e. The summed E-state index contributed by atoms with van der Waals surface area (Å²) < 4.78 is 2.02. The molecule has 1 N–H and O–H groups in total. The van der Waals surface area contributed by atoms with Crippen LogP contribution in [0.2, 0.25) is 4.34 Å². The largest absolute Gasteiger partial charge is 0.305 e. The number of hydrogen-bond donors (Lipinski definition) is 1. The second-order valence-electron chi connectivity index (χ2n) is 3.70. The fourth-order valence-corrected chi connectivity index (χ4v) is 4.90. The van der Waals surface area contributed by atoms with Gasteiger partial charge in [0.05, 0.1) is 10.4 Å². The van der Waals surface area contributed by atoms with Crippen molar-refractivity contribution in [2.45, 2.75) is 19.9 Å². The van der Waals surface area contributed by atoms with E-state index in [4.69, 9.17) is 11.6 Å². The Bertz CT molecular complexity index is 506. The van der Waals surface area contributed by atoms with E-state index in [1.807, 2.05) is 17.4 Å². The monoisotopic (exact) mass is 349 g/mol. The second kappa shape index (κ2) is 5.85. The van der Waals surface area contributed by atoms with E-state index in [1.54, 1.807) is 11.3 Å². The molecule has 92 valence electrons. The highest BCUT2D eigenvalue weighted by molar-refractivity contribution is 9.10. The highest BCUT2D eigenvalue weighted by atomic mass is 79.9. The van der Waals surface area contributed by atoms with Gasteiger partial charge in [0, 0.05) is 19.1 Å². The van der Waals surface area contributed by atoms with Crippen molar-refractivity contribution in [3.8, 4) is 0 Å². The molecular weight excluding hydrogens is 338 g/mol. The molecule has 0 aliphatic rings. The van der Waals surface area contributed by atoms with Crippen molar-refractivity contribution >= 4 is 50.2 Å². The standard InChI is InChI=1S/C12H13BrClNS2/c1-3-15-11(9-4-5-10(14)17-9)12-8(13)6-7(2)16-12/h4-6,11,15H,3H2,1-2H3. The van der Waals surface area contributed by atoms with Gasteiger partial charge in [0.15, 0.2) is 0 Å². The van der Waals surface area contributed by atoms with Gasteiger partial charge in [-0.1, -0.05) is 18.5 Å². The van der Waals surface area contributed by atoms with Crippen LogP contribution < -0.4 is 5.32 Å². The van der Waals surface area contributed by atoms with Crippen molar-refractivity contribution in [1.29, 1.82) is 0 Å². The van der Waals surface area contributed by atoms with E-state index in [-0.39, 0.29) is 6.04 Å². The Morgan fingerprint density at radius 2 is 2.18 bits per heavy atom. The van der Waals surface area contributed by atoms with Gasteiger partial charge in [0.1, 0.15) is 0 Å². The van der Waals surface area contributed by atoms with Crippen LogP contribution in [0.5, 0.6) is 0 Å². The Labute approximate surface area is 123 Å². The first-order valence-corrected chi connectivity index (χ1v) is 8.16. The quantitative estimate of drug-likeness (QED) is 0.796. The molecular formula is C12H13BrClNS2. The lowest BCUT2D eigenvalue weighted by molar-refractivity contribution is 0.647. The van der Waals surface area contributed by atoms with Gasteiger partial charge in [0.25, 0.3) is 0 Å². The molecule has 0 aliphatic carbocycles. The number of thiophene rings is 2. The third kappa shape index (κ3) is 3.12. The van der Waals surface area contributed by atoms with Gasteiger partial charge >= 0.3 is 0 Å². The topological polar surface area (TPSA) is 12.0 Å². The van der Waals surface area contributed by atoms with E-state index in [9.17, 15) is 0 Å². The maximum atomic E-state index is 6.02. The zero-order chi connectivity index (χ0) is 12.4. The number of halogens is 2. The molecule has 0 saturated carbocycles. The van der Waals surface area contributed by atoms with E-state index >= 15 is 0 Å². The second-order valence-corrected chi connectivity index (χ2v) is 7.59. The minimum Gasteiger partial charge on any atom is -0.305 e. The highest BCUT2D eigenvalue weighted by Gasteiger charge is 2.19. The van der Waals surface area contributed by atoms with Crippen molar-refractivity contribution < 1.29 is 0 Å². The summed E-state index contributed by atoms with van der Waals surface area (Å²) >= 11 is 13.1. The average Bonchev–Trinajstić information content (AvgIpc) is 2.82. The van der Waals surface area contributed by atoms with Crippen LogP contribution in [0.4, 0.5) is 0 Å². The fourth-order valence-electron chi connectivity index (χ4n) is 1.71. The Balaban J connectivity index is 2.38. The van der Waals surface area contributed by atoms with E-state index in [1.165, 1.54) is 19.1 Å². The molecule has 17 heavy (non-hydrogen) atoms. The molecule has 0 aromatic carbocycles. The lowest BCUT2D eigenvalue weighted by Crippen LogP contribution is -2.20. The van der Waals surface area contributed by atoms with Crippen LogP contribution in [0.25, 0.3) is 0 Å². The maximum Gasteiger partial charge on any atom is 0.0931 e. The Kier molecular flexibility index (Phi) is 4.66. The third-order valence-corrected chi connectivity index (χ3v) is 5.72. The molecule has 0 spiro atoms. The van der Waals surface area contributed by atoms with E-state index in [2.05, 4.69) is 47.2 Å². The number of aryl methyl sites for hydroxylation is 1. The molecule has 2 heterocycles. The number of nitrogens with one attached hydrogen (secondary N) is 1. The van der Waals surface area contributed by atoms with Crippen molar-refractivity contribution in [3.05, 3.63) is 41.6 Å². The normalized spacial score (nSPS) is 12.9. The van der Waals surface area contributed by atoms with Crippen molar-refractivity contribution in [2.75, 3.05) is 6.54 Å². The van der Waals surface area contributed by atoms with Crippen LogP contribution in [0.15, 0.2) is 22.7 Å². The minimum atomic E-state index is 0.241. The zero-order valence-corrected chi connectivity index (χ0v) is 13.6. The molecule has 0 aliphatic heterocycles. The molecule has 0 fully saturated rings. The molecule has 2 rings (SSSR count). The first-order chi connectivity index (χ1) is 8.11. The lowest BCUT2D eigenvalue weighted by Gasteiger charge is -2.15. The number of rotatable bonds is 4. The summed E-state index contributed by atoms with van der Waals surface area (Å²) in [7, 11) is 0. The van der Waals surface area contributed by atoms with Crippen LogP contribution in [0, 0.1) is 6.92 Å². The first kappa shape index (κ1) is 13.6. The third-order valence-electron chi connectivity index (χ3n) is 2.39. The molecule has 2 aromatic rings. The highest BCUT2D eigenvalue weighted by Crippen LogP contribution is 2.38. The van der Waals surface area contributed by atoms with Crippen molar-refractivity contribution in [3.63, 3.8) is 0 Å². The van der Waals surface area contributed by atoms with Gasteiger partial charge in [-0.3, -0.25) is 0 Å². The molecule has 0 saturated heterocycles. The predicted octanol–water partition coefficient (Wildman–Crippen LogP) is 5.23. The summed E-state index contributed by atoms with van der Waals surface area (Å²) in [6.07, 6.45) is 0. The van der Waals surface area contributed by atoms with E-state index in [0.717, 1.165) is 10.9 Å². The SMILES string of the molecule is CCNC(c1ccc(Cl)s1)c1sc(C)cc1Br. The fraction of sp³-hybridized carbons (Fsp3) is 0.333. The summed E-state index contributed by atoms with van der Waals surface area (Å²) in [5.41, 5.74) is 0. The Hall–Kier alpha value is 0.130. The van der Waals surface area contributed by atoms with Gasteiger partial charge in [0.2, 0.25) is 0 Å². The molecule has 0 bridgehead atoms. The van der Waals surface area contributed by atoms with Crippen LogP contribution >= 0.6 is 50.2 Å². The van der Waals surface area contributed by atoms with Crippen molar-refractivity contribution in [1.82, 2.24) is 5.32 Å². The van der Waals surface area contributed by atoms with Gasteiger partial charge in [-0.05, 0) is 47.6 Å². The van der Waals surface area contributed by atoms with Crippen molar-refractivity contribution in [2.24, 2.45) is 0 Å². The van der Waals surface area contributed by atoms with Gasteiger partial charge < -0.3 is 5.32 Å². The lowest BCUT2D eigenvalue weighted by atomic mass is 10.2. The van der Waals surface area contributed by atoms with Crippen LogP contribution in [-0.2, 0) is 0 Å². The average molecular weight is 351 g/mol. The molecule has 5 heteroatoms. The maximum absolute atomic E-state index is 6.02. The Morgan fingerprint density at radius 1 is 1.41 bits per heavy atom.